The highest BCUT2D eigenvalue weighted by atomic mass is 32.1. The Labute approximate surface area is 175 Å². The molecule has 0 aliphatic carbocycles. The minimum atomic E-state index is -0.525. The molecule has 2 N–H and O–H groups in total. The number of anilines is 1. The second-order valence-corrected chi connectivity index (χ2v) is 7.29. The number of amides is 3. The average molecular weight is 423 g/mol. The number of hydrazine groups is 1. The van der Waals surface area contributed by atoms with E-state index in [0.717, 1.165) is 22.0 Å². The second-order valence-electron chi connectivity index (χ2n) is 6.43. The SMILES string of the molecule is CC(=O)NNC(=O)CN1C(=O)COc2ccc(-c3csc(-c4ccccn4)n3)cc21. The van der Waals surface area contributed by atoms with Crippen molar-refractivity contribution in [2.24, 2.45) is 0 Å². The fourth-order valence-corrected chi connectivity index (χ4v) is 3.69. The van der Waals surface area contributed by atoms with Crippen LogP contribution in [0.15, 0.2) is 48.0 Å². The van der Waals surface area contributed by atoms with Crippen molar-refractivity contribution in [2.75, 3.05) is 18.1 Å². The lowest BCUT2D eigenvalue weighted by molar-refractivity contribution is -0.128. The van der Waals surface area contributed by atoms with Crippen LogP contribution in [0, 0.1) is 0 Å². The lowest BCUT2D eigenvalue weighted by Crippen LogP contribution is -2.49. The van der Waals surface area contributed by atoms with Gasteiger partial charge >= 0.3 is 0 Å². The number of thiazole rings is 1. The van der Waals surface area contributed by atoms with Crippen LogP contribution in [0.2, 0.25) is 0 Å². The third kappa shape index (κ3) is 4.13. The summed E-state index contributed by atoms with van der Waals surface area (Å²) in [6.07, 6.45) is 1.71. The summed E-state index contributed by atoms with van der Waals surface area (Å²) < 4.78 is 5.49. The van der Waals surface area contributed by atoms with Gasteiger partial charge in [-0.3, -0.25) is 35.1 Å². The van der Waals surface area contributed by atoms with E-state index in [1.165, 1.54) is 23.2 Å². The third-order valence-electron chi connectivity index (χ3n) is 4.27. The van der Waals surface area contributed by atoms with E-state index in [2.05, 4.69) is 20.8 Å². The highest BCUT2D eigenvalue weighted by Crippen LogP contribution is 2.37. The quantitative estimate of drug-likeness (QED) is 0.619. The molecular formula is C20H17N5O4S. The van der Waals surface area contributed by atoms with Crippen LogP contribution in [0.4, 0.5) is 5.69 Å². The summed E-state index contributed by atoms with van der Waals surface area (Å²) in [7, 11) is 0. The molecule has 0 spiro atoms. The first-order valence-electron chi connectivity index (χ1n) is 9.01. The zero-order valence-electron chi connectivity index (χ0n) is 15.9. The largest absolute Gasteiger partial charge is 0.482 e. The Kier molecular flexibility index (Phi) is 5.40. The van der Waals surface area contributed by atoms with Gasteiger partial charge in [0.15, 0.2) is 6.61 Å². The number of carbonyl (C=O) groups excluding carboxylic acids is 3. The third-order valence-corrected chi connectivity index (χ3v) is 5.13. The van der Waals surface area contributed by atoms with Gasteiger partial charge in [0.05, 0.1) is 17.1 Å². The fourth-order valence-electron chi connectivity index (χ4n) is 2.89. The Morgan fingerprint density at radius 2 is 2.07 bits per heavy atom. The van der Waals surface area contributed by atoms with Crippen LogP contribution in [0.1, 0.15) is 6.92 Å². The number of fused-ring (bicyclic) bond motifs is 1. The van der Waals surface area contributed by atoms with Crippen LogP contribution in [0.3, 0.4) is 0 Å². The number of nitrogens with zero attached hydrogens (tertiary/aromatic N) is 3. The van der Waals surface area contributed by atoms with Crippen molar-refractivity contribution in [2.45, 2.75) is 6.92 Å². The summed E-state index contributed by atoms with van der Waals surface area (Å²) in [6, 6.07) is 11.0. The Hall–Kier alpha value is -3.79. The first-order valence-corrected chi connectivity index (χ1v) is 9.89. The van der Waals surface area contributed by atoms with Crippen LogP contribution in [0.5, 0.6) is 5.75 Å². The lowest BCUT2D eigenvalue weighted by atomic mass is 10.1. The smallest absolute Gasteiger partial charge is 0.265 e. The number of nitrogens with one attached hydrogen (secondary N) is 2. The van der Waals surface area contributed by atoms with Crippen molar-refractivity contribution in [3.8, 4) is 27.7 Å². The number of ether oxygens (including phenoxy) is 1. The topological polar surface area (TPSA) is 114 Å². The molecule has 0 saturated carbocycles. The predicted octanol–water partition coefficient (Wildman–Crippen LogP) is 1.76. The molecule has 3 aromatic rings. The van der Waals surface area contributed by atoms with Gasteiger partial charge in [0, 0.05) is 24.1 Å². The molecule has 3 amide bonds. The summed E-state index contributed by atoms with van der Waals surface area (Å²) in [6.45, 7) is 0.851. The molecule has 1 aliphatic heterocycles. The number of aromatic nitrogens is 2. The predicted molar refractivity (Wildman–Crippen MR) is 111 cm³/mol. The van der Waals surface area contributed by atoms with E-state index in [1.807, 2.05) is 29.6 Å². The molecule has 0 unspecified atom stereocenters. The second kappa shape index (κ2) is 8.29. The summed E-state index contributed by atoms with van der Waals surface area (Å²) in [5.41, 5.74) is 7.21. The molecule has 2 aromatic heterocycles. The molecule has 0 fully saturated rings. The van der Waals surface area contributed by atoms with E-state index in [1.54, 1.807) is 18.3 Å². The highest BCUT2D eigenvalue weighted by Gasteiger charge is 2.28. The Morgan fingerprint density at radius 1 is 1.20 bits per heavy atom. The van der Waals surface area contributed by atoms with E-state index in [4.69, 9.17) is 4.74 Å². The van der Waals surface area contributed by atoms with Gasteiger partial charge in [0.1, 0.15) is 17.3 Å². The molecule has 0 saturated heterocycles. The maximum atomic E-state index is 12.4. The van der Waals surface area contributed by atoms with Gasteiger partial charge in [0.25, 0.3) is 11.8 Å². The van der Waals surface area contributed by atoms with Gasteiger partial charge in [-0.05, 0) is 30.3 Å². The standard InChI is InChI=1S/C20H17N5O4S/c1-12(26)23-24-18(27)9-25-16-8-13(5-6-17(16)29-10-19(25)28)15-11-30-20(22-15)14-4-2-3-7-21-14/h2-8,11H,9-10H2,1H3,(H,23,26)(H,24,27). The van der Waals surface area contributed by atoms with Crippen molar-refractivity contribution in [3.05, 3.63) is 48.0 Å². The summed E-state index contributed by atoms with van der Waals surface area (Å²) in [4.78, 5) is 45.7. The summed E-state index contributed by atoms with van der Waals surface area (Å²) in [5, 5.41) is 2.69. The molecule has 1 aromatic carbocycles. The normalized spacial score (nSPS) is 12.7. The van der Waals surface area contributed by atoms with E-state index in [-0.39, 0.29) is 19.1 Å². The van der Waals surface area contributed by atoms with Crippen molar-refractivity contribution >= 4 is 34.7 Å². The lowest BCUT2D eigenvalue weighted by Gasteiger charge is -2.29. The summed E-state index contributed by atoms with van der Waals surface area (Å²) in [5.74, 6) is -0.801. The molecule has 0 bridgehead atoms. The van der Waals surface area contributed by atoms with Crippen LogP contribution in [-0.2, 0) is 14.4 Å². The molecule has 0 radical (unpaired) electrons. The molecule has 3 heterocycles. The first kappa shape index (κ1) is 19.5. The molecule has 30 heavy (non-hydrogen) atoms. The van der Waals surface area contributed by atoms with Crippen molar-refractivity contribution in [1.29, 1.82) is 0 Å². The molecule has 0 atom stereocenters. The molecule has 9 nitrogen and oxygen atoms in total. The fraction of sp³-hybridized carbons (Fsp3) is 0.150. The molecular weight excluding hydrogens is 406 g/mol. The van der Waals surface area contributed by atoms with Gasteiger partial charge in [-0.1, -0.05) is 6.07 Å². The number of hydrogen-bond donors (Lipinski definition) is 2. The van der Waals surface area contributed by atoms with E-state index in [9.17, 15) is 14.4 Å². The molecule has 10 heteroatoms. The number of pyridine rings is 1. The highest BCUT2D eigenvalue weighted by molar-refractivity contribution is 7.13. The van der Waals surface area contributed by atoms with Gasteiger partial charge in [-0.2, -0.15) is 0 Å². The zero-order chi connectivity index (χ0) is 21.1. The average Bonchev–Trinajstić information content (AvgIpc) is 3.25. The molecule has 152 valence electrons. The van der Waals surface area contributed by atoms with Crippen molar-refractivity contribution < 1.29 is 19.1 Å². The Morgan fingerprint density at radius 3 is 2.83 bits per heavy atom. The number of carbonyl (C=O) groups is 3. The van der Waals surface area contributed by atoms with E-state index in [0.29, 0.717) is 11.4 Å². The van der Waals surface area contributed by atoms with Crippen molar-refractivity contribution in [1.82, 2.24) is 20.8 Å². The van der Waals surface area contributed by atoms with Crippen LogP contribution >= 0.6 is 11.3 Å². The number of rotatable bonds is 4. The zero-order valence-corrected chi connectivity index (χ0v) is 16.7. The first-order chi connectivity index (χ1) is 14.5. The minimum absolute atomic E-state index is 0.166. The summed E-state index contributed by atoms with van der Waals surface area (Å²) >= 11 is 1.47. The number of hydrogen-bond acceptors (Lipinski definition) is 7. The van der Waals surface area contributed by atoms with Crippen LogP contribution in [0.25, 0.3) is 22.0 Å². The maximum Gasteiger partial charge on any atom is 0.265 e. The monoisotopic (exact) mass is 423 g/mol. The molecule has 1 aliphatic rings. The Balaban J connectivity index is 1.61. The molecule has 4 rings (SSSR count). The minimum Gasteiger partial charge on any atom is -0.482 e. The maximum absolute atomic E-state index is 12.4. The number of benzene rings is 1. The van der Waals surface area contributed by atoms with E-state index >= 15 is 0 Å². The van der Waals surface area contributed by atoms with E-state index < -0.39 is 11.8 Å². The van der Waals surface area contributed by atoms with Gasteiger partial charge in [-0.25, -0.2) is 4.98 Å². The van der Waals surface area contributed by atoms with Crippen molar-refractivity contribution in [3.63, 3.8) is 0 Å². The Bertz CT molecular complexity index is 1120. The van der Waals surface area contributed by atoms with Gasteiger partial charge in [0.2, 0.25) is 5.91 Å². The van der Waals surface area contributed by atoms with Gasteiger partial charge in [-0.15, -0.1) is 11.3 Å². The van der Waals surface area contributed by atoms with Gasteiger partial charge < -0.3 is 4.74 Å². The van der Waals surface area contributed by atoms with Crippen LogP contribution < -0.4 is 20.5 Å². The van der Waals surface area contributed by atoms with Crippen LogP contribution in [-0.4, -0.2) is 40.8 Å².